The first-order valence-electron chi connectivity index (χ1n) is 4.84. The predicted molar refractivity (Wildman–Crippen MR) is 65.4 cm³/mol. The summed E-state index contributed by atoms with van der Waals surface area (Å²) in [5.41, 5.74) is 0.847. The quantitative estimate of drug-likeness (QED) is 0.661. The molecule has 0 bridgehead atoms. The SMILES string of the molecule is CCOC(=N)Cc1cc(Br)c(O)c(OC)c1. The summed E-state index contributed by atoms with van der Waals surface area (Å²) in [5, 5.41) is 17.1. The zero-order valence-corrected chi connectivity index (χ0v) is 10.8. The molecular weight excluding hydrogens is 274 g/mol. The van der Waals surface area contributed by atoms with E-state index in [0.717, 1.165) is 5.56 Å². The summed E-state index contributed by atoms with van der Waals surface area (Å²) < 4.78 is 10.6. The maximum Gasteiger partial charge on any atom is 0.184 e. The van der Waals surface area contributed by atoms with Gasteiger partial charge in [0, 0.05) is 6.42 Å². The molecule has 5 heteroatoms. The topological polar surface area (TPSA) is 62.5 Å². The van der Waals surface area contributed by atoms with E-state index in [1.807, 2.05) is 6.92 Å². The highest BCUT2D eigenvalue weighted by Gasteiger charge is 2.10. The van der Waals surface area contributed by atoms with E-state index in [4.69, 9.17) is 14.9 Å². The fraction of sp³-hybridized carbons (Fsp3) is 0.364. The number of ether oxygens (including phenoxy) is 2. The molecule has 4 nitrogen and oxygen atoms in total. The molecule has 1 rings (SSSR count). The molecule has 0 aliphatic rings. The van der Waals surface area contributed by atoms with E-state index in [1.54, 1.807) is 12.1 Å². The Balaban J connectivity index is 2.89. The van der Waals surface area contributed by atoms with Gasteiger partial charge in [-0.25, -0.2) is 0 Å². The van der Waals surface area contributed by atoms with E-state index in [2.05, 4.69) is 15.9 Å². The number of benzene rings is 1. The van der Waals surface area contributed by atoms with Crippen LogP contribution in [0.2, 0.25) is 0 Å². The van der Waals surface area contributed by atoms with Crippen molar-refractivity contribution in [3.05, 3.63) is 22.2 Å². The fourth-order valence-corrected chi connectivity index (χ4v) is 1.78. The first-order chi connectivity index (χ1) is 7.58. The molecule has 0 atom stereocenters. The van der Waals surface area contributed by atoms with Crippen LogP contribution in [-0.4, -0.2) is 24.7 Å². The van der Waals surface area contributed by atoms with Crippen molar-refractivity contribution < 1.29 is 14.6 Å². The maximum atomic E-state index is 9.60. The second kappa shape index (κ2) is 5.75. The van der Waals surface area contributed by atoms with Crippen molar-refractivity contribution in [3.8, 4) is 11.5 Å². The number of aromatic hydroxyl groups is 1. The number of phenolic OH excluding ortho intramolecular Hbond substituents is 1. The number of methoxy groups -OCH3 is 1. The highest BCUT2D eigenvalue weighted by atomic mass is 79.9. The smallest absolute Gasteiger partial charge is 0.184 e. The van der Waals surface area contributed by atoms with Gasteiger partial charge in [-0.3, -0.25) is 5.41 Å². The van der Waals surface area contributed by atoms with Gasteiger partial charge < -0.3 is 14.6 Å². The van der Waals surface area contributed by atoms with E-state index >= 15 is 0 Å². The molecule has 0 aliphatic carbocycles. The van der Waals surface area contributed by atoms with Crippen LogP contribution in [-0.2, 0) is 11.2 Å². The molecule has 0 fully saturated rings. The molecule has 0 unspecified atom stereocenters. The van der Waals surface area contributed by atoms with Gasteiger partial charge in [0.05, 0.1) is 18.2 Å². The average molecular weight is 288 g/mol. The average Bonchev–Trinajstić information content (AvgIpc) is 2.23. The van der Waals surface area contributed by atoms with Gasteiger partial charge in [-0.15, -0.1) is 0 Å². The molecule has 0 aromatic heterocycles. The summed E-state index contributed by atoms with van der Waals surface area (Å²) in [6, 6.07) is 3.43. The van der Waals surface area contributed by atoms with E-state index in [0.29, 0.717) is 23.2 Å². The first-order valence-corrected chi connectivity index (χ1v) is 5.63. The van der Waals surface area contributed by atoms with Crippen LogP contribution in [0.3, 0.4) is 0 Å². The number of halogens is 1. The van der Waals surface area contributed by atoms with Crippen LogP contribution in [0.15, 0.2) is 16.6 Å². The van der Waals surface area contributed by atoms with Crippen LogP contribution < -0.4 is 4.74 Å². The Hall–Kier alpha value is -1.23. The van der Waals surface area contributed by atoms with Crippen LogP contribution in [0.5, 0.6) is 11.5 Å². The van der Waals surface area contributed by atoms with E-state index in [1.165, 1.54) is 7.11 Å². The third kappa shape index (κ3) is 3.13. The minimum atomic E-state index is 0.0641. The van der Waals surface area contributed by atoms with Gasteiger partial charge in [-0.1, -0.05) is 0 Å². The third-order valence-electron chi connectivity index (χ3n) is 1.99. The third-order valence-corrected chi connectivity index (χ3v) is 2.60. The molecule has 1 aromatic carbocycles. The van der Waals surface area contributed by atoms with Gasteiger partial charge in [0.1, 0.15) is 0 Å². The first kappa shape index (κ1) is 12.8. The van der Waals surface area contributed by atoms with Crippen LogP contribution in [0.1, 0.15) is 12.5 Å². The summed E-state index contributed by atoms with van der Waals surface area (Å²) in [7, 11) is 1.49. The molecule has 0 amide bonds. The molecular formula is C11H14BrNO3. The van der Waals surface area contributed by atoms with Gasteiger partial charge in [0.2, 0.25) is 0 Å². The summed E-state index contributed by atoms with van der Waals surface area (Å²) in [4.78, 5) is 0. The number of rotatable bonds is 4. The van der Waals surface area contributed by atoms with Crippen molar-refractivity contribution in [1.82, 2.24) is 0 Å². The molecule has 88 valence electrons. The Morgan fingerprint density at radius 1 is 1.50 bits per heavy atom. The van der Waals surface area contributed by atoms with Gasteiger partial charge in [-0.05, 0) is 40.5 Å². The molecule has 1 aromatic rings. The van der Waals surface area contributed by atoms with Gasteiger partial charge in [-0.2, -0.15) is 0 Å². The lowest BCUT2D eigenvalue weighted by atomic mass is 10.1. The number of hydrogen-bond acceptors (Lipinski definition) is 4. The minimum absolute atomic E-state index is 0.0641. The second-order valence-electron chi connectivity index (χ2n) is 3.16. The largest absolute Gasteiger partial charge is 0.503 e. The summed E-state index contributed by atoms with van der Waals surface area (Å²) >= 11 is 3.23. The lowest BCUT2D eigenvalue weighted by Crippen LogP contribution is -2.06. The zero-order valence-electron chi connectivity index (χ0n) is 9.21. The monoisotopic (exact) mass is 287 g/mol. The predicted octanol–water partition coefficient (Wildman–Crippen LogP) is 2.72. The molecule has 0 radical (unpaired) electrons. The second-order valence-corrected chi connectivity index (χ2v) is 4.02. The lowest BCUT2D eigenvalue weighted by Gasteiger charge is -2.09. The van der Waals surface area contributed by atoms with Crippen molar-refractivity contribution >= 4 is 21.8 Å². The van der Waals surface area contributed by atoms with E-state index in [-0.39, 0.29) is 11.6 Å². The number of hydrogen-bond donors (Lipinski definition) is 2. The minimum Gasteiger partial charge on any atom is -0.503 e. The van der Waals surface area contributed by atoms with Crippen molar-refractivity contribution in [2.75, 3.05) is 13.7 Å². The fourth-order valence-electron chi connectivity index (χ4n) is 1.30. The van der Waals surface area contributed by atoms with Crippen LogP contribution in [0.25, 0.3) is 0 Å². The Morgan fingerprint density at radius 3 is 2.75 bits per heavy atom. The van der Waals surface area contributed by atoms with Crippen molar-refractivity contribution in [2.24, 2.45) is 0 Å². The summed E-state index contributed by atoms with van der Waals surface area (Å²) in [5.74, 6) is 0.644. The number of phenols is 1. The van der Waals surface area contributed by atoms with Gasteiger partial charge in [0.15, 0.2) is 17.4 Å². The number of nitrogens with one attached hydrogen (secondary N) is 1. The Labute approximate surface area is 103 Å². The normalized spacial score (nSPS) is 9.94. The molecule has 0 spiro atoms. The highest BCUT2D eigenvalue weighted by Crippen LogP contribution is 2.35. The highest BCUT2D eigenvalue weighted by molar-refractivity contribution is 9.10. The van der Waals surface area contributed by atoms with E-state index in [9.17, 15) is 5.11 Å². The molecule has 0 heterocycles. The van der Waals surface area contributed by atoms with Crippen molar-refractivity contribution in [3.63, 3.8) is 0 Å². The zero-order chi connectivity index (χ0) is 12.1. The molecule has 2 N–H and O–H groups in total. The van der Waals surface area contributed by atoms with E-state index < -0.39 is 0 Å². The molecule has 0 saturated carbocycles. The lowest BCUT2D eigenvalue weighted by molar-refractivity contribution is 0.317. The summed E-state index contributed by atoms with van der Waals surface area (Å²) in [6.45, 7) is 2.32. The maximum absolute atomic E-state index is 9.60. The van der Waals surface area contributed by atoms with Gasteiger partial charge >= 0.3 is 0 Å². The Bertz CT molecular complexity index is 393. The molecule has 16 heavy (non-hydrogen) atoms. The van der Waals surface area contributed by atoms with Crippen molar-refractivity contribution in [1.29, 1.82) is 5.41 Å². The van der Waals surface area contributed by atoms with Crippen molar-refractivity contribution in [2.45, 2.75) is 13.3 Å². The van der Waals surface area contributed by atoms with Gasteiger partial charge in [0.25, 0.3) is 0 Å². The Kier molecular flexibility index (Phi) is 4.61. The van der Waals surface area contributed by atoms with Crippen LogP contribution in [0, 0.1) is 5.41 Å². The molecule has 0 saturated heterocycles. The molecule has 0 aliphatic heterocycles. The summed E-state index contributed by atoms with van der Waals surface area (Å²) in [6.07, 6.45) is 0.378. The Morgan fingerprint density at radius 2 is 2.19 bits per heavy atom. The van der Waals surface area contributed by atoms with Crippen LogP contribution >= 0.6 is 15.9 Å². The standard InChI is InChI=1S/C11H14BrNO3/c1-3-16-10(13)6-7-4-8(12)11(14)9(5-7)15-2/h4-5,13-14H,3,6H2,1-2H3. The van der Waals surface area contributed by atoms with Crippen LogP contribution in [0.4, 0.5) is 0 Å².